The summed E-state index contributed by atoms with van der Waals surface area (Å²) in [7, 11) is 0. The fourth-order valence-electron chi connectivity index (χ4n) is 2.31. The highest BCUT2D eigenvalue weighted by atomic mass is 16.6. The molecule has 0 bridgehead atoms. The smallest absolute Gasteiger partial charge is 0.312 e. The summed E-state index contributed by atoms with van der Waals surface area (Å²) in [6, 6.07) is 8.76. The van der Waals surface area contributed by atoms with Crippen molar-refractivity contribution in [3.05, 3.63) is 57.4 Å². The van der Waals surface area contributed by atoms with E-state index in [1.165, 1.54) is 4.68 Å². The SMILES string of the molecule is Cc1nn(CC(C(=O)O)c2ccccc2)c(C)c1[N+](=O)[O-]. The normalized spacial score (nSPS) is 12.1. The number of aryl methyl sites for hydroxylation is 1. The molecule has 1 aromatic heterocycles. The van der Waals surface area contributed by atoms with Gasteiger partial charge < -0.3 is 5.11 Å². The molecule has 7 heteroatoms. The van der Waals surface area contributed by atoms with Crippen molar-refractivity contribution < 1.29 is 14.8 Å². The Morgan fingerprint density at radius 2 is 2.00 bits per heavy atom. The van der Waals surface area contributed by atoms with Crippen LogP contribution >= 0.6 is 0 Å². The average Bonchev–Trinajstić information content (AvgIpc) is 2.71. The second-order valence-corrected chi connectivity index (χ2v) is 4.76. The highest BCUT2D eigenvalue weighted by Crippen LogP contribution is 2.25. The molecule has 0 aliphatic rings. The van der Waals surface area contributed by atoms with Gasteiger partial charge in [-0.3, -0.25) is 19.6 Å². The molecule has 21 heavy (non-hydrogen) atoms. The lowest BCUT2D eigenvalue weighted by atomic mass is 9.99. The zero-order chi connectivity index (χ0) is 15.6. The number of benzene rings is 1. The number of carboxylic acid groups (broad SMARTS) is 1. The van der Waals surface area contributed by atoms with Gasteiger partial charge in [0.15, 0.2) is 0 Å². The largest absolute Gasteiger partial charge is 0.481 e. The first kappa shape index (κ1) is 14.7. The van der Waals surface area contributed by atoms with Crippen molar-refractivity contribution in [2.24, 2.45) is 0 Å². The Morgan fingerprint density at radius 3 is 2.48 bits per heavy atom. The fraction of sp³-hybridized carbons (Fsp3) is 0.286. The van der Waals surface area contributed by atoms with Crippen LogP contribution < -0.4 is 0 Å². The molecule has 1 aromatic carbocycles. The molecule has 0 fully saturated rings. The third-order valence-electron chi connectivity index (χ3n) is 3.38. The van der Waals surface area contributed by atoms with E-state index in [-0.39, 0.29) is 17.9 Å². The van der Waals surface area contributed by atoms with Gasteiger partial charge in [0.05, 0.1) is 11.5 Å². The molecular weight excluding hydrogens is 274 g/mol. The van der Waals surface area contributed by atoms with Crippen LogP contribution in [0.15, 0.2) is 30.3 Å². The molecule has 0 saturated heterocycles. The lowest BCUT2D eigenvalue weighted by Gasteiger charge is -2.13. The van der Waals surface area contributed by atoms with Crippen molar-refractivity contribution in [2.75, 3.05) is 0 Å². The van der Waals surface area contributed by atoms with Crippen molar-refractivity contribution >= 4 is 11.7 Å². The first-order valence-corrected chi connectivity index (χ1v) is 6.38. The number of hydrogen-bond donors (Lipinski definition) is 1. The Morgan fingerprint density at radius 1 is 1.38 bits per heavy atom. The van der Waals surface area contributed by atoms with E-state index in [4.69, 9.17) is 0 Å². The van der Waals surface area contributed by atoms with Crippen LogP contribution in [0.25, 0.3) is 0 Å². The Hall–Kier alpha value is -2.70. The molecule has 1 heterocycles. The summed E-state index contributed by atoms with van der Waals surface area (Å²) in [4.78, 5) is 22.0. The molecular formula is C14H15N3O4. The first-order valence-electron chi connectivity index (χ1n) is 6.38. The van der Waals surface area contributed by atoms with E-state index in [1.807, 2.05) is 0 Å². The second kappa shape index (κ2) is 5.74. The first-order chi connectivity index (χ1) is 9.91. The number of nitro groups is 1. The van der Waals surface area contributed by atoms with E-state index in [0.29, 0.717) is 11.3 Å². The van der Waals surface area contributed by atoms with Gasteiger partial charge in [0.1, 0.15) is 17.3 Å². The maximum Gasteiger partial charge on any atom is 0.312 e. The predicted octanol–water partition coefficient (Wildman–Crippen LogP) is 2.28. The molecule has 1 N–H and O–H groups in total. The third-order valence-corrected chi connectivity index (χ3v) is 3.38. The van der Waals surface area contributed by atoms with Crippen LogP contribution in [0.5, 0.6) is 0 Å². The maximum atomic E-state index is 11.5. The molecule has 1 atom stereocenters. The van der Waals surface area contributed by atoms with Gasteiger partial charge >= 0.3 is 11.7 Å². The van der Waals surface area contributed by atoms with E-state index < -0.39 is 16.8 Å². The summed E-state index contributed by atoms with van der Waals surface area (Å²) in [5.41, 5.74) is 1.22. The van der Waals surface area contributed by atoms with Crippen LogP contribution in [0, 0.1) is 24.0 Å². The average molecular weight is 289 g/mol. The Bertz CT molecular complexity index is 679. The van der Waals surface area contributed by atoms with Crippen molar-refractivity contribution in [1.29, 1.82) is 0 Å². The van der Waals surface area contributed by atoms with Crippen molar-refractivity contribution in [2.45, 2.75) is 26.3 Å². The predicted molar refractivity (Wildman–Crippen MR) is 75.2 cm³/mol. The molecule has 7 nitrogen and oxygen atoms in total. The molecule has 2 aromatic rings. The monoisotopic (exact) mass is 289 g/mol. The minimum Gasteiger partial charge on any atom is -0.481 e. The molecule has 0 radical (unpaired) electrons. The van der Waals surface area contributed by atoms with Gasteiger partial charge in [-0.15, -0.1) is 0 Å². The molecule has 0 aliphatic carbocycles. The number of hydrogen-bond acceptors (Lipinski definition) is 4. The van der Waals surface area contributed by atoms with Crippen LogP contribution in [0.1, 0.15) is 22.9 Å². The van der Waals surface area contributed by atoms with E-state index in [2.05, 4.69) is 5.10 Å². The Balaban J connectivity index is 2.37. The van der Waals surface area contributed by atoms with Crippen molar-refractivity contribution in [1.82, 2.24) is 9.78 Å². The number of nitrogens with zero attached hydrogens (tertiary/aromatic N) is 3. The minimum atomic E-state index is -0.989. The second-order valence-electron chi connectivity index (χ2n) is 4.76. The lowest BCUT2D eigenvalue weighted by molar-refractivity contribution is -0.386. The number of rotatable bonds is 5. The highest BCUT2D eigenvalue weighted by molar-refractivity contribution is 5.76. The van der Waals surface area contributed by atoms with E-state index in [0.717, 1.165) is 0 Å². The minimum absolute atomic E-state index is 0.0554. The molecule has 2 rings (SSSR count). The van der Waals surface area contributed by atoms with Gasteiger partial charge in [-0.2, -0.15) is 5.10 Å². The maximum absolute atomic E-state index is 11.5. The summed E-state index contributed by atoms with van der Waals surface area (Å²) in [6.45, 7) is 3.17. The van der Waals surface area contributed by atoms with E-state index in [9.17, 15) is 20.0 Å². The van der Waals surface area contributed by atoms with E-state index >= 15 is 0 Å². The van der Waals surface area contributed by atoms with Crippen LogP contribution in [-0.4, -0.2) is 25.8 Å². The van der Waals surface area contributed by atoms with Crippen LogP contribution in [0.4, 0.5) is 5.69 Å². The molecule has 0 saturated carbocycles. The number of carbonyl (C=O) groups is 1. The molecule has 0 amide bonds. The van der Waals surface area contributed by atoms with Crippen LogP contribution in [0.2, 0.25) is 0 Å². The highest BCUT2D eigenvalue weighted by Gasteiger charge is 2.26. The standard InChI is InChI=1S/C14H15N3O4/c1-9-13(17(20)21)10(2)16(15-9)8-12(14(18)19)11-6-4-3-5-7-11/h3-7,12H,8H2,1-2H3,(H,18,19). The summed E-state index contributed by atoms with van der Waals surface area (Å²) < 4.78 is 1.39. The summed E-state index contributed by atoms with van der Waals surface area (Å²) >= 11 is 0. The van der Waals surface area contributed by atoms with Gasteiger partial charge in [0.25, 0.3) is 0 Å². The lowest BCUT2D eigenvalue weighted by Crippen LogP contribution is -2.19. The molecule has 110 valence electrons. The number of aliphatic carboxylic acids is 1. The summed E-state index contributed by atoms with van der Waals surface area (Å²) in [6.07, 6.45) is 0. The van der Waals surface area contributed by atoms with Gasteiger partial charge in [-0.05, 0) is 19.4 Å². The van der Waals surface area contributed by atoms with Crippen LogP contribution in [0.3, 0.4) is 0 Å². The third kappa shape index (κ3) is 2.91. The zero-order valence-corrected chi connectivity index (χ0v) is 11.7. The topological polar surface area (TPSA) is 98.3 Å². The van der Waals surface area contributed by atoms with Crippen molar-refractivity contribution in [3.8, 4) is 0 Å². The van der Waals surface area contributed by atoms with Gasteiger partial charge in [-0.25, -0.2) is 0 Å². The van der Waals surface area contributed by atoms with E-state index in [1.54, 1.807) is 44.2 Å². The Labute approximate surface area is 121 Å². The molecule has 0 aliphatic heterocycles. The molecule has 0 spiro atoms. The Kier molecular flexibility index (Phi) is 4.02. The fourth-order valence-corrected chi connectivity index (χ4v) is 2.31. The molecule has 1 unspecified atom stereocenters. The summed E-state index contributed by atoms with van der Waals surface area (Å²) in [5, 5.41) is 24.5. The van der Waals surface area contributed by atoms with Crippen LogP contribution in [-0.2, 0) is 11.3 Å². The zero-order valence-electron chi connectivity index (χ0n) is 11.7. The van der Waals surface area contributed by atoms with Gasteiger partial charge in [0.2, 0.25) is 0 Å². The number of aromatic nitrogens is 2. The van der Waals surface area contributed by atoms with Crippen molar-refractivity contribution in [3.63, 3.8) is 0 Å². The van der Waals surface area contributed by atoms with Gasteiger partial charge in [0, 0.05) is 0 Å². The quantitative estimate of drug-likeness (QED) is 0.672. The summed E-state index contributed by atoms with van der Waals surface area (Å²) in [5.74, 6) is -1.79. The number of carboxylic acids is 1. The van der Waals surface area contributed by atoms with Gasteiger partial charge in [-0.1, -0.05) is 30.3 Å².